The molecule has 1 amide bonds. The van der Waals surface area contributed by atoms with E-state index in [1.165, 1.54) is 36.4 Å². The molecule has 0 saturated carbocycles. The summed E-state index contributed by atoms with van der Waals surface area (Å²) in [6.45, 7) is 7.15. The molecule has 5 N–H and O–H groups in total. The van der Waals surface area contributed by atoms with Crippen LogP contribution in [0.15, 0.2) is 82.6 Å². The first-order valence-corrected chi connectivity index (χ1v) is 15.7. The van der Waals surface area contributed by atoms with E-state index in [9.17, 15) is 21.6 Å². The van der Waals surface area contributed by atoms with Crippen molar-refractivity contribution in [3.63, 3.8) is 0 Å². The molecule has 0 aliphatic heterocycles. The van der Waals surface area contributed by atoms with Crippen LogP contribution in [0.2, 0.25) is 5.02 Å². The van der Waals surface area contributed by atoms with E-state index in [0.717, 1.165) is 11.1 Å². The van der Waals surface area contributed by atoms with Gasteiger partial charge in [-0.05, 0) is 92.4 Å². The third-order valence-corrected chi connectivity index (χ3v) is 10.0. The number of aryl methyl sites for hydroxylation is 2. The van der Waals surface area contributed by atoms with Crippen LogP contribution in [0.3, 0.4) is 0 Å². The third-order valence-electron chi connectivity index (χ3n) is 6.68. The number of nitrogens with two attached hydrogens (primary N) is 1. The second-order valence-electron chi connectivity index (χ2n) is 9.53. The number of rotatable bonds is 8. The highest BCUT2D eigenvalue weighted by Gasteiger charge is 2.25. The van der Waals surface area contributed by atoms with Crippen LogP contribution in [0.4, 0.5) is 22.7 Å². The number of nitrogen functional groups attached to an aromatic ring is 1. The molecule has 0 atom stereocenters. The Morgan fingerprint density at radius 2 is 1.27 bits per heavy atom. The van der Waals surface area contributed by atoms with Gasteiger partial charge in [0.25, 0.3) is 26.0 Å². The van der Waals surface area contributed by atoms with Crippen LogP contribution in [0.5, 0.6) is 0 Å². The average molecular weight is 613 g/mol. The van der Waals surface area contributed by atoms with Crippen LogP contribution in [0.25, 0.3) is 0 Å². The van der Waals surface area contributed by atoms with Gasteiger partial charge in [-0.2, -0.15) is 0 Å². The fourth-order valence-corrected chi connectivity index (χ4v) is 7.34. The molecule has 0 spiro atoms. The van der Waals surface area contributed by atoms with Crippen molar-refractivity contribution in [2.24, 2.45) is 0 Å². The number of sulfonamides is 2. The number of hydrogen-bond donors (Lipinski definition) is 4. The highest BCUT2D eigenvalue weighted by molar-refractivity contribution is 7.93. The molecular formula is C29H29ClN4O5S2. The fourth-order valence-electron chi connectivity index (χ4n) is 4.30. The molecule has 0 radical (unpaired) electrons. The second-order valence-corrected chi connectivity index (χ2v) is 13.2. The van der Waals surface area contributed by atoms with Gasteiger partial charge in [-0.25, -0.2) is 16.8 Å². The Kier molecular flexibility index (Phi) is 8.34. The maximum Gasteiger partial charge on any atom is 0.262 e. The van der Waals surface area contributed by atoms with E-state index in [4.69, 9.17) is 17.3 Å². The Morgan fingerprint density at radius 1 is 0.707 bits per heavy atom. The molecule has 4 rings (SSSR count). The van der Waals surface area contributed by atoms with Crippen molar-refractivity contribution >= 4 is 60.3 Å². The molecule has 9 nitrogen and oxygen atoms in total. The molecule has 0 aromatic heterocycles. The lowest BCUT2D eigenvalue weighted by molar-refractivity contribution is 0.102. The second kappa shape index (κ2) is 11.4. The molecule has 214 valence electrons. The third kappa shape index (κ3) is 6.32. The van der Waals surface area contributed by atoms with Crippen LogP contribution in [0, 0.1) is 27.7 Å². The predicted octanol–water partition coefficient (Wildman–Crippen LogP) is 6.01. The van der Waals surface area contributed by atoms with Gasteiger partial charge in [0.2, 0.25) is 0 Å². The van der Waals surface area contributed by atoms with Gasteiger partial charge >= 0.3 is 0 Å². The minimum absolute atomic E-state index is 0.0117. The maximum absolute atomic E-state index is 13.5. The highest BCUT2D eigenvalue weighted by atomic mass is 35.5. The molecule has 0 heterocycles. The van der Waals surface area contributed by atoms with Crippen LogP contribution in [-0.2, 0) is 20.0 Å². The van der Waals surface area contributed by atoms with Gasteiger partial charge in [-0.1, -0.05) is 41.9 Å². The standard InChI is InChI=1S/C29H29ClN4O5S2/c1-17-15-18(2)20(4)28(19(17)3)41(38,39)33-25-11-7-5-9-22(25)29(35)32-27-16-21(13-14-24(27)31)40(36,37)34-26-12-8-6-10-23(26)30/h5-16,33-34H,31H2,1-4H3,(H,32,35). The van der Waals surface area contributed by atoms with E-state index < -0.39 is 26.0 Å². The molecule has 12 heteroatoms. The average Bonchev–Trinajstić information content (AvgIpc) is 2.90. The smallest absolute Gasteiger partial charge is 0.262 e. The van der Waals surface area contributed by atoms with Crippen LogP contribution >= 0.6 is 11.6 Å². The predicted molar refractivity (Wildman–Crippen MR) is 164 cm³/mol. The lowest BCUT2D eigenvalue weighted by Crippen LogP contribution is -2.21. The molecular weight excluding hydrogens is 584 g/mol. The first-order valence-electron chi connectivity index (χ1n) is 12.4. The first kappa shape index (κ1) is 29.9. The molecule has 0 bridgehead atoms. The largest absolute Gasteiger partial charge is 0.397 e. The summed E-state index contributed by atoms with van der Waals surface area (Å²) in [5, 5.41) is 2.82. The zero-order valence-corrected chi connectivity index (χ0v) is 25.1. The van der Waals surface area contributed by atoms with Gasteiger partial charge in [0.1, 0.15) is 0 Å². The first-order chi connectivity index (χ1) is 19.2. The summed E-state index contributed by atoms with van der Waals surface area (Å²) in [6, 6.07) is 18.2. The summed E-state index contributed by atoms with van der Waals surface area (Å²) in [4.78, 5) is 13.3. The molecule has 0 unspecified atom stereocenters. The monoisotopic (exact) mass is 612 g/mol. The minimum Gasteiger partial charge on any atom is -0.397 e. The van der Waals surface area contributed by atoms with Crippen molar-refractivity contribution in [3.05, 3.63) is 106 Å². The molecule has 0 fully saturated rings. The number of nitrogens with one attached hydrogen (secondary N) is 3. The zero-order chi connectivity index (χ0) is 30.1. The Hall–Kier alpha value is -4.06. The number of halogens is 1. The summed E-state index contributed by atoms with van der Waals surface area (Å²) in [5.41, 5.74) is 9.30. The molecule has 4 aromatic rings. The van der Waals surface area contributed by atoms with Crippen LogP contribution in [-0.4, -0.2) is 22.7 Å². The van der Waals surface area contributed by atoms with Gasteiger partial charge in [0.15, 0.2) is 0 Å². The van der Waals surface area contributed by atoms with Crippen LogP contribution in [0.1, 0.15) is 32.6 Å². The van der Waals surface area contributed by atoms with Crippen molar-refractivity contribution in [2.75, 3.05) is 20.5 Å². The number of para-hydroxylation sites is 2. The number of anilines is 4. The maximum atomic E-state index is 13.5. The quantitative estimate of drug-likeness (QED) is 0.179. The summed E-state index contributed by atoms with van der Waals surface area (Å²) in [5.74, 6) is -0.697. The van der Waals surface area contributed by atoms with Crippen molar-refractivity contribution in [1.82, 2.24) is 0 Å². The SMILES string of the molecule is Cc1cc(C)c(C)c(S(=O)(=O)Nc2ccccc2C(=O)Nc2cc(S(=O)(=O)Nc3ccccc3Cl)ccc2N)c1C. The zero-order valence-electron chi connectivity index (χ0n) is 22.7. The van der Waals surface area contributed by atoms with Crippen molar-refractivity contribution in [3.8, 4) is 0 Å². The Morgan fingerprint density at radius 3 is 1.90 bits per heavy atom. The molecule has 0 aliphatic carbocycles. The number of carbonyl (C=O) groups is 1. The van der Waals surface area contributed by atoms with Crippen molar-refractivity contribution in [1.29, 1.82) is 0 Å². The van der Waals surface area contributed by atoms with Gasteiger partial charge in [-0.3, -0.25) is 14.2 Å². The normalized spacial score (nSPS) is 11.6. The van der Waals surface area contributed by atoms with Gasteiger partial charge < -0.3 is 11.1 Å². The number of carbonyl (C=O) groups excluding carboxylic acids is 1. The van der Waals surface area contributed by atoms with E-state index in [2.05, 4.69) is 14.8 Å². The summed E-state index contributed by atoms with van der Waals surface area (Å²) in [6.07, 6.45) is 0. The fraction of sp³-hybridized carbons (Fsp3) is 0.138. The van der Waals surface area contributed by atoms with Gasteiger partial charge in [0, 0.05) is 0 Å². The van der Waals surface area contributed by atoms with Crippen molar-refractivity contribution in [2.45, 2.75) is 37.5 Å². The van der Waals surface area contributed by atoms with Gasteiger partial charge in [0.05, 0.1) is 43.1 Å². The van der Waals surface area contributed by atoms with E-state index >= 15 is 0 Å². The van der Waals surface area contributed by atoms with Gasteiger partial charge in [-0.15, -0.1) is 0 Å². The minimum atomic E-state index is -4.09. The lowest BCUT2D eigenvalue weighted by atomic mass is 10.0. The van der Waals surface area contributed by atoms with E-state index in [-0.39, 0.29) is 43.1 Å². The van der Waals surface area contributed by atoms with E-state index in [1.54, 1.807) is 44.2 Å². The summed E-state index contributed by atoms with van der Waals surface area (Å²) < 4.78 is 58.0. The van der Waals surface area contributed by atoms with E-state index in [0.29, 0.717) is 11.1 Å². The Bertz CT molecular complexity index is 1870. The molecule has 4 aromatic carbocycles. The Balaban J connectivity index is 1.64. The molecule has 0 aliphatic rings. The topological polar surface area (TPSA) is 147 Å². The molecule has 0 saturated heterocycles. The number of hydrogen-bond acceptors (Lipinski definition) is 6. The summed E-state index contributed by atoms with van der Waals surface area (Å²) >= 11 is 6.09. The Labute approximate surface area is 244 Å². The van der Waals surface area contributed by atoms with Crippen LogP contribution < -0.4 is 20.5 Å². The summed E-state index contributed by atoms with van der Waals surface area (Å²) in [7, 11) is -8.16. The highest BCUT2D eigenvalue weighted by Crippen LogP contribution is 2.31. The van der Waals surface area contributed by atoms with Crippen molar-refractivity contribution < 1.29 is 21.6 Å². The van der Waals surface area contributed by atoms with E-state index in [1.807, 2.05) is 19.9 Å². The molecule has 41 heavy (non-hydrogen) atoms. The number of amides is 1. The lowest BCUT2D eigenvalue weighted by Gasteiger charge is -2.18. The number of benzene rings is 4.